The molecule has 0 aromatic heterocycles. The molecule has 0 saturated carbocycles. The van der Waals surface area contributed by atoms with Gasteiger partial charge in [0.2, 0.25) is 11.8 Å². The molecular weight excluding hydrogens is 407 g/mol. The molecule has 0 aliphatic heterocycles. The fourth-order valence-electron chi connectivity index (χ4n) is 2.96. The predicted molar refractivity (Wildman–Crippen MR) is 119 cm³/mol. The van der Waals surface area contributed by atoms with Gasteiger partial charge in [-0.15, -0.1) is 0 Å². The molecule has 29 heavy (non-hydrogen) atoms. The fourth-order valence-corrected chi connectivity index (χ4v) is 3.48. The van der Waals surface area contributed by atoms with E-state index in [1.165, 1.54) is 0 Å². The van der Waals surface area contributed by atoms with E-state index < -0.39 is 6.04 Å². The average molecular weight is 435 g/mol. The molecule has 0 heterocycles. The average Bonchev–Trinajstić information content (AvgIpc) is 2.67. The van der Waals surface area contributed by atoms with E-state index in [1.807, 2.05) is 45.0 Å². The van der Waals surface area contributed by atoms with Gasteiger partial charge in [-0.25, -0.2) is 0 Å². The Balaban J connectivity index is 2.30. The maximum Gasteiger partial charge on any atom is 0.242 e. The molecule has 1 unspecified atom stereocenters. The van der Waals surface area contributed by atoms with E-state index in [0.717, 1.165) is 11.1 Å². The molecule has 0 aliphatic carbocycles. The van der Waals surface area contributed by atoms with Crippen molar-refractivity contribution < 1.29 is 9.59 Å². The van der Waals surface area contributed by atoms with Gasteiger partial charge >= 0.3 is 0 Å². The largest absolute Gasteiger partial charge is 0.354 e. The zero-order valence-corrected chi connectivity index (χ0v) is 18.8. The van der Waals surface area contributed by atoms with E-state index in [9.17, 15) is 9.59 Å². The third-order valence-electron chi connectivity index (χ3n) is 4.84. The zero-order chi connectivity index (χ0) is 21.6. The number of halogens is 2. The van der Waals surface area contributed by atoms with E-state index in [0.29, 0.717) is 28.1 Å². The molecule has 0 fully saturated rings. The number of hydrogen-bond donors (Lipinski definition) is 1. The van der Waals surface area contributed by atoms with Crippen molar-refractivity contribution in [2.24, 2.45) is 5.92 Å². The van der Waals surface area contributed by atoms with Crippen LogP contribution >= 0.6 is 23.2 Å². The molecule has 0 bridgehead atoms. The van der Waals surface area contributed by atoms with Gasteiger partial charge in [-0.05, 0) is 43.0 Å². The van der Waals surface area contributed by atoms with Gasteiger partial charge in [-0.1, -0.05) is 67.4 Å². The van der Waals surface area contributed by atoms with Gasteiger partial charge in [-0.2, -0.15) is 0 Å². The Bertz CT molecular complexity index is 847. The maximum atomic E-state index is 13.2. The van der Waals surface area contributed by atoms with Crippen LogP contribution in [-0.4, -0.2) is 29.3 Å². The molecule has 1 N–H and O–H groups in total. The first-order valence-electron chi connectivity index (χ1n) is 9.75. The standard InChI is InChI=1S/C23H28Cl2N2O2/c1-15(2)13-26-23(29)17(4)27(14-19-20(24)10-7-11-21(19)25)22(28)12-18-9-6-5-8-16(18)3/h5-11,15,17H,12-14H2,1-4H3,(H,26,29). The first-order valence-corrected chi connectivity index (χ1v) is 10.5. The first kappa shape index (κ1) is 23.2. The van der Waals surface area contributed by atoms with Crippen LogP contribution in [0.4, 0.5) is 0 Å². The third kappa shape index (κ3) is 6.48. The van der Waals surface area contributed by atoms with E-state index in [1.54, 1.807) is 30.0 Å². The second kappa shape index (κ2) is 10.7. The number of hydrogen-bond acceptors (Lipinski definition) is 2. The molecule has 4 nitrogen and oxygen atoms in total. The Morgan fingerprint density at radius 3 is 2.21 bits per heavy atom. The summed E-state index contributed by atoms with van der Waals surface area (Å²) in [7, 11) is 0. The predicted octanol–water partition coefficient (Wildman–Crippen LogP) is 5.03. The summed E-state index contributed by atoms with van der Waals surface area (Å²) in [4.78, 5) is 27.5. The minimum Gasteiger partial charge on any atom is -0.354 e. The van der Waals surface area contributed by atoms with Crippen molar-refractivity contribution in [2.45, 2.75) is 46.7 Å². The highest BCUT2D eigenvalue weighted by Gasteiger charge is 2.27. The number of benzene rings is 2. The lowest BCUT2D eigenvalue weighted by atomic mass is 10.0. The van der Waals surface area contributed by atoms with Crippen molar-refractivity contribution in [3.8, 4) is 0 Å². The van der Waals surface area contributed by atoms with Gasteiger partial charge in [0.25, 0.3) is 0 Å². The highest BCUT2D eigenvalue weighted by Crippen LogP contribution is 2.27. The molecule has 2 aromatic rings. The normalized spacial score (nSPS) is 12.0. The molecule has 0 aliphatic rings. The quantitative estimate of drug-likeness (QED) is 0.632. The number of carbonyl (C=O) groups excluding carboxylic acids is 2. The summed E-state index contributed by atoms with van der Waals surface area (Å²) in [6, 6.07) is 12.3. The summed E-state index contributed by atoms with van der Waals surface area (Å²) in [6.45, 7) is 8.47. The lowest BCUT2D eigenvalue weighted by Crippen LogP contribution is -2.48. The summed E-state index contributed by atoms with van der Waals surface area (Å²) in [6.07, 6.45) is 0.205. The van der Waals surface area contributed by atoms with Crippen molar-refractivity contribution in [2.75, 3.05) is 6.54 Å². The van der Waals surface area contributed by atoms with Crippen molar-refractivity contribution in [1.82, 2.24) is 10.2 Å². The van der Waals surface area contributed by atoms with E-state index in [-0.39, 0.29) is 24.8 Å². The summed E-state index contributed by atoms with van der Waals surface area (Å²) in [5, 5.41) is 3.85. The van der Waals surface area contributed by atoms with Gasteiger partial charge in [0.1, 0.15) is 6.04 Å². The molecular formula is C23H28Cl2N2O2. The third-order valence-corrected chi connectivity index (χ3v) is 5.55. The van der Waals surface area contributed by atoms with E-state index >= 15 is 0 Å². The van der Waals surface area contributed by atoms with Crippen molar-refractivity contribution >= 4 is 35.0 Å². The van der Waals surface area contributed by atoms with Crippen molar-refractivity contribution in [1.29, 1.82) is 0 Å². The second-order valence-electron chi connectivity index (χ2n) is 7.64. The van der Waals surface area contributed by atoms with Crippen LogP contribution in [0.2, 0.25) is 10.0 Å². The molecule has 1 atom stereocenters. The number of carbonyl (C=O) groups is 2. The fraction of sp³-hybridized carbons (Fsp3) is 0.391. The lowest BCUT2D eigenvalue weighted by Gasteiger charge is -2.30. The zero-order valence-electron chi connectivity index (χ0n) is 17.3. The van der Waals surface area contributed by atoms with Crippen LogP contribution in [-0.2, 0) is 22.6 Å². The number of aryl methyl sites for hydroxylation is 1. The highest BCUT2D eigenvalue weighted by atomic mass is 35.5. The molecule has 6 heteroatoms. The van der Waals surface area contributed by atoms with Crippen LogP contribution < -0.4 is 5.32 Å². The van der Waals surface area contributed by atoms with Gasteiger partial charge in [-0.3, -0.25) is 9.59 Å². The molecule has 2 aromatic carbocycles. The van der Waals surface area contributed by atoms with Gasteiger partial charge < -0.3 is 10.2 Å². The van der Waals surface area contributed by atoms with Crippen molar-refractivity contribution in [3.05, 3.63) is 69.2 Å². The number of nitrogens with one attached hydrogen (secondary N) is 1. The SMILES string of the molecule is Cc1ccccc1CC(=O)N(Cc1c(Cl)cccc1Cl)C(C)C(=O)NCC(C)C. The summed E-state index contributed by atoms with van der Waals surface area (Å²) < 4.78 is 0. The Morgan fingerprint density at radius 1 is 1.00 bits per heavy atom. The molecule has 2 amide bonds. The molecule has 2 rings (SSSR count). The molecule has 0 saturated heterocycles. The van der Waals surface area contributed by atoms with Gasteiger partial charge in [0, 0.05) is 28.7 Å². The van der Waals surface area contributed by atoms with Crippen LogP contribution in [0.25, 0.3) is 0 Å². The Kier molecular flexibility index (Phi) is 8.54. The first-order chi connectivity index (χ1) is 13.7. The molecule has 0 spiro atoms. The van der Waals surface area contributed by atoms with Crippen LogP contribution in [0.3, 0.4) is 0 Å². The van der Waals surface area contributed by atoms with Crippen molar-refractivity contribution in [3.63, 3.8) is 0 Å². The Labute approximate surface area is 183 Å². The van der Waals surface area contributed by atoms with Gasteiger partial charge in [0.05, 0.1) is 6.42 Å². The van der Waals surface area contributed by atoms with Crippen LogP contribution in [0.15, 0.2) is 42.5 Å². The minimum absolute atomic E-state index is 0.150. The summed E-state index contributed by atoms with van der Waals surface area (Å²) in [5.74, 6) is -0.0252. The highest BCUT2D eigenvalue weighted by molar-refractivity contribution is 6.36. The van der Waals surface area contributed by atoms with E-state index in [2.05, 4.69) is 5.32 Å². The van der Waals surface area contributed by atoms with E-state index in [4.69, 9.17) is 23.2 Å². The number of amides is 2. The second-order valence-corrected chi connectivity index (χ2v) is 8.45. The number of rotatable bonds is 8. The monoisotopic (exact) mass is 434 g/mol. The maximum absolute atomic E-state index is 13.2. The smallest absolute Gasteiger partial charge is 0.242 e. The summed E-state index contributed by atoms with van der Waals surface area (Å²) in [5.41, 5.74) is 2.61. The minimum atomic E-state index is -0.655. The van der Waals surface area contributed by atoms with Crippen LogP contribution in [0, 0.1) is 12.8 Å². The van der Waals surface area contributed by atoms with Gasteiger partial charge in [0.15, 0.2) is 0 Å². The van der Waals surface area contributed by atoms with Crippen LogP contribution in [0.1, 0.15) is 37.5 Å². The molecule has 156 valence electrons. The number of nitrogens with zero attached hydrogens (tertiary/aromatic N) is 1. The topological polar surface area (TPSA) is 49.4 Å². The Morgan fingerprint density at radius 2 is 1.62 bits per heavy atom. The summed E-state index contributed by atoms with van der Waals surface area (Å²) >= 11 is 12.7. The lowest BCUT2D eigenvalue weighted by molar-refractivity contribution is -0.140. The molecule has 0 radical (unpaired) electrons. The van der Waals surface area contributed by atoms with Crippen LogP contribution in [0.5, 0.6) is 0 Å². The Hall–Kier alpha value is -2.04.